The third-order valence-corrected chi connectivity index (χ3v) is 7.35. The van der Waals surface area contributed by atoms with Crippen LogP contribution in [0, 0.1) is 18.3 Å². The van der Waals surface area contributed by atoms with Crippen LogP contribution in [0.15, 0.2) is 41.5 Å². The Morgan fingerprint density at radius 3 is 2.83 bits per heavy atom. The molecular weight excluding hydrogens is 456 g/mol. The molecule has 1 saturated heterocycles. The van der Waals surface area contributed by atoms with E-state index in [1.807, 2.05) is 29.7 Å². The molecule has 0 amide bonds. The van der Waals surface area contributed by atoms with Crippen molar-refractivity contribution in [1.82, 2.24) is 9.55 Å². The van der Waals surface area contributed by atoms with Crippen molar-refractivity contribution in [2.24, 2.45) is 0 Å². The predicted molar refractivity (Wildman–Crippen MR) is 137 cm³/mol. The first kappa shape index (κ1) is 23.9. The normalized spacial score (nSPS) is 18.2. The van der Waals surface area contributed by atoms with Crippen LogP contribution in [0.5, 0.6) is 5.88 Å². The summed E-state index contributed by atoms with van der Waals surface area (Å²) in [5.41, 5.74) is 2.33. The molecule has 186 valence electrons. The maximum Gasteiger partial charge on any atom is 0.343 e. The summed E-state index contributed by atoms with van der Waals surface area (Å²) < 4.78 is 13.2. The Bertz CT molecular complexity index is 1430. The molecule has 0 bridgehead atoms. The zero-order valence-electron chi connectivity index (χ0n) is 20.9. The van der Waals surface area contributed by atoms with Crippen molar-refractivity contribution in [1.29, 1.82) is 5.26 Å². The number of aryl methyl sites for hydroxylation is 1. The lowest BCUT2D eigenvalue weighted by Gasteiger charge is -2.29. The molecule has 8 nitrogen and oxygen atoms in total. The highest BCUT2D eigenvalue weighted by Crippen LogP contribution is 2.45. The fourth-order valence-electron chi connectivity index (χ4n) is 5.03. The summed E-state index contributed by atoms with van der Waals surface area (Å²) in [7, 11) is 0. The quantitative estimate of drug-likeness (QED) is 0.459. The zero-order valence-corrected chi connectivity index (χ0v) is 20.9. The Hall–Kier alpha value is -3.86. The molecule has 0 spiro atoms. The number of carbonyl (C=O) groups is 1. The summed E-state index contributed by atoms with van der Waals surface area (Å²) in [6, 6.07) is 9.78. The van der Waals surface area contributed by atoms with Crippen molar-refractivity contribution in [2.45, 2.75) is 58.0 Å². The number of fused-ring (bicyclic) bond motifs is 1. The SMILES string of the molecule is CCOC(=O)c1cn(C2(C)CC2)c2cc(N3CCC[C@@H]3COc3ncccc3C)c(C#N)cc2c1=O. The molecule has 1 aliphatic carbocycles. The number of benzene rings is 1. The van der Waals surface area contributed by atoms with Gasteiger partial charge in [0, 0.05) is 35.4 Å². The van der Waals surface area contributed by atoms with Gasteiger partial charge in [-0.1, -0.05) is 6.07 Å². The number of pyridine rings is 2. The number of ether oxygens (including phenoxy) is 2. The van der Waals surface area contributed by atoms with Crippen molar-refractivity contribution >= 4 is 22.6 Å². The van der Waals surface area contributed by atoms with Gasteiger partial charge in [-0.2, -0.15) is 5.26 Å². The Kier molecular flexibility index (Phi) is 6.17. The molecule has 1 saturated carbocycles. The molecule has 2 aliphatic rings. The maximum atomic E-state index is 13.3. The molecule has 3 heterocycles. The number of nitrogens with zero attached hydrogens (tertiary/aromatic N) is 4. The van der Waals surface area contributed by atoms with Gasteiger partial charge >= 0.3 is 5.97 Å². The van der Waals surface area contributed by atoms with Gasteiger partial charge in [0.05, 0.1) is 29.4 Å². The molecule has 0 unspecified atom stereocenters. The van der Waals surface area contributed by atoms with Gasteiger partial charge < -0.3 is 18.9 Å². The Morgan fingerprint density at radius 1 is 1.33 bits per heavy atom. The summed E-state index contributed by atoms with van der Waals surface area (Å²) in [4.78, 5) is 32.4. The third-order valence-electron chi connectivity index (χ3n) is 7.35. The van der Waals surface area contributed by atoms with Crippen LogP contribution in [0.4, 0.5) is 5.69 Å². The fraction of sp³-hybridized carbons (Fsp3) is 0.429. The maximum absolute atomic E-state index is 13.3. The lowest BCUT2D eigenvalue weighted by molar-refractivity contribution is 0.0524. The average molecular weight is 487 g/mol. The molecule has 1 atom stereocenters. The number of esters is 1. The van der Waals surface area contributed by atoms with Crippen molar-refractivity contribution in [3.63, 3.8) is 0 Å². The van der Waals surface area contributed by atoms with Crippen molar-refractivity contribution < 1.29 is 14.3 Å². The number of anilines is 1. The van der Waals surface area contributed by atoms with E-state index < -0.39 is 11.4 Å². The minimum atomic E-state index is -0.633. The Balaban J connectivity index is 1.58. The summed E-state index contributed by atoms with van der Waals surface area (Å²) >= 11 is 0. The molecule has 8 heteroatoms. The topological polar surface area (TPSA) is 97.4 Å². The molecule has 1 aromatic carbocycles. The van der Waals surface area contributed by atoms with E-state index in [0.29, 0.717) is 23.4 Å². The van der Waals surface area contributed by atoms with Crippen LogP contribution in [-0.4, -0.2) is 41.3 Å². The van der Waals surface area contributed by atoms with Crippen LogP contribution in [-0.2, 0) is 10.3 Å². The monoisotopic (exact) mass is 486 g/mol. The van der Waals surface area contributed by atoms with Gasteiger partial charge in [-0.3, -0.25) is 4.79 Å². The summed E-state index contributed by atoms with van der Waals surface area (Å²) in [6.07, 6.45) is 7.16. The van der Waals surface area contributed by atoms with Crippen LogP contribution in [0.1, 0.15) is 61.0 Å². The van der Waals surface area contributed by atoms with E-state index >= 15 is 0 Å². The van der Waals surface area contributed by atoms with Gasteiger partial charge in [0.15, 0.2) is 0 Å². The Morgan fingerprint density at radius 2 is 2.14 bits per heavy atom. The second kappa shape index (κ2) is 9.30. The van der Waals surface area contributed by atoms with Gasteiger partial charge in [0.2, 0.25) is 11.3 Å². The van der Waals surface area contributed by atoms with E-state index in [0.717, 1.165) is 49.0 Å². The molecule has 2 fully saturated rings. The van der Waals surface area contributed by atoms with Crippen LogP contribution < -0.4 is 15.1 Å². The van der Waals surface area contributed by atoms with Gasteiger partial charge in [0.25, 0.3) is 0 Å². The van der Waals surface area contributed by atoms with Crippen LogP contribution in [0.2, 0.25) is 0 Å². The fourth-order valence-corrected chi connectivity index (χ4v) is 5.03. The van der Waals surface area contributed by atoms with E-state index in [-0.39, 0.29) is 23.8 Å². The second-order valence-electron chi connectivity index (χ2n) is 9.88. The van der Waals surface area contributed by atoms with Gasteiger partial charge in [-0.25, -0.2) is 9.78 Å². The molecule has 3 aromatic rings. The number of hydrogen-bond acceptors (Lipinski definition) is 7. The van der Waals surface area contributed by atoms with Crippen LogP contribution in [0.3, 0.4) is 0 Å². The summed E-state index contributed by atoms with van der Waals surface area (Å²) in [5.74, 6) is -0.0167. The number of hydrogen-bond donors (Lipinski definition) is 0. The second-order valence-corrected chi connectivity index (χ2v) is 9.88. The predicted octanol–water partition coefficient (Wildman–Crippen LogP) is 4.31. The smallest absolute Gasteiger partial charge is 0.343 e. The van der Waals surface area contributed by atoms with Crippen LogP contribution >= 0.6 is 0 Å². The summed E-state index contributed by atoms with van der Waals surface area (Å²) in [6.45, 7) is 7.22. The summed E-state index contributed by atoms with van der Waals surface area (Å²) in [5, 5.41) is 10.4. The standard InChI is InChI=1S/C28H30N4O4/c1-4-35-27(34)22-16-32(28(3)9-10-28)24-14-23(19(15-29)13-21(24)25(22)33)31-12-6-8-20(31)17-36-26-18(2)7-5-11-30-26/h5,7,11,13-14,16,20H,4,6,8-10,12,17H2,1-3H3/t20-/m1/s1. The highest BCUT2D eigenvalue weighted by molar-refractivity contribution is 5.95. The van der Waals surface area contributed by atoms with E-state index in [2.05, 4.69) is 22.9 Å². The van der Waals surface area contributed by atoms with Gasteiger partial charge in [-0.05, 0) is 64.7 Å². The minimum absolute atomic E-state index is 0.00675. The van der Waals surface area contributed by atoms with E-state index in [9.17, 15) is 14.9 Å². The van der Waals surface area contributed by atoms with E-state index in [4.69, 9.17) is 9.47 Å². The molecule has 36 heavy (non-hydrogen) atoms. The first-order valence-corrected chi connectivity index (χ1v) is 12.5. The van der Waals surface area contributed by atoms with Crippen molar-refractivity contribution in [3.05, 3.63) is 63.6 Å². The van der Waals surface area contributed by atoms with Gasteiger partial charge in [0.1, 0.15) is 18.2 Å². The molecule has 2 aromatic heterocycles. The van der Waals surface area contributed by atoms with Gasteiger partial charge in [-0.15, -0.1) is 0 Å². The largest absolute Gasteiger partial charge is 0.475 e. The molecule has 1 aliphatic heterocycles. The number of nitriles is 1. The number of carbonyl (C=O) groups excluding carboxylic acids is 1. The molecular formula is C28H30N4O4. The lowest BCUT2D eigenvalue weighted by atomic mass is 10.0. The van der Waals surface area contributed by atoms with Crippen LogP contribution in [0.25, 0.3) is 10.9 Å². The van der Waals surface area contributed by atoms with E-state index in [1.165, 1.54) is 0 Å². The number of rotatable bonds is 7. The molecule has 5 rings (SSSR count). The van der Waals surface area contributed by atoms with Crippen molar-refractivity contribution in [3.8, 4) is 11.9 Å². The first-order valence-electron chi connectivity index (χ1n) is 12.5. The zero-order chi connectivity index (χ0) is 25.4. The minimum Gasteiger partial charge on any atom is -0.475 e. The van der Waals surface area contributed by atoms with E-state index in [1.54, 1.807) is 25.4 Å². The third kappa shape index (κ3) is 4.19. The molecule has 0 radical (unpaired) electrons. The number of aromatic nitrogens is 2. The highest BCUT2D eigenvalue weighted by atomic mass is 16.5. The molecule has 0 N–H and O–H groups in total. The van der Waals surface area contributed by atoms with Crippen molar-refractivity contribution in [2.75, 3.05) is 24.7 Å². The average Bonchev–Trinajstić information content (AvgIpc) is 3.45. The first-order chi connectivity index (χ1) is 17.4. The Labute approximate surface area is 210 Å². The lowest BCUT2D eigenvalue weighted by Crippen LogP contribution is -2.35. The highest BCUT2D eigenvalue weighted by Gasteiger charge is 2.41.